The number of carboxylic acids is 1. The molecule has 2 N–H and O–H groups in total. The van der Waals surface area contributed by atoms with E-state index < -0.39 is 5.97 Å². The first-order valence-corrected chi connectivity index (χ1v) is 3.65. The average molecular weight is 163 g/mol. The number of carboxylic acid groups (broad SMARTS) is 1. The van der Waals surface area contributed by atoms with E-state index in [9.17, 15) is 9.59 Å². The quantitative estimate of drug-likeness (QED) is 0.648. The van der Waals surface area contributed by atoms with E-state index in [-0.39, 0.29) is 13.9 Å². The van der Waals surface area contributed by atoms with Crippen LogP contribution in [-0.2, 0) is 9.59 Å². The summed E-state index contributed by atoms with van der Waals surface area (Å²) in [5.41, 5.74) is 0. The van der Waals surface area contributed by atoms with E-state index >= 15 is 0 Å². The zero-order chi connectivity index (χ0) is 9.28. The highest BCUT2D eigenvalue weighted by atomic mass is 16.4. The number of carbonyl (C=O) groups is 2. The molecule has 0 aliphatic carbocycles. The number of hydrogen-bond donors (Lipinski definition) is 2. The Labute approximate surface area is 68.1 Å². The molecule has 0 aliphatic rings. The Morgan fingerprint density at radius 3 is 2.18 bits per heavy atom. The van der Waals surface area contributed by atoms with Gasteiger partial charge in [0.05, 0.1) is 0 Å². The van der Waals surface area contributed by atoms with E-state index in [1.165, 1.54) is 0 Å². The van der Waals surface area contributed by atoms with Crippen molar-refractivity contribution in [2.24, 2.45) is 0 Å². The van der Waals surface area contributed by atoms with Crippen molar-refractivity contribution in [3.8, 4) is 0 Å². The molecule has 0 aromatic rings. The number of nitrogens with one attached hydrogen (secondary N) is 1. The van der Waals surface area contributed by atoms with Crippen LogP contribution in [0.5, 0.6) is 0 Å². The van der Waals surface area contributed by atoms with Gasteiger partial charge in [-0.2, -0.15) is 0 Å². The number of hydrogen-bond acceptors (Lipinski definition) is 2. The van der Waals surface area contributed by atoms with Crippen molar-refractivity contribution in [2.45, 2.75) is 27.2 Å². The highest BCUT2D eigenvalue weighted by Gasteiger charge is 1.98. The third-order valence-corrected chi connectivity index (χ3v) is 0.758. The number of rotatable bonds is 3. The van der Waals surface area contributed by atoms with Gasteiger partial charge in [-0.05, 0) is 0 Å². The molecule has 0 aromatic heterocycles. The van der Waals surface area contributed by atoms with Crippen molar-refractivity contribution < 1.29 is 16.1 Å². The summed E-state index contributed by atoms with van der Waals surface area (Å²) in [4.78, 5) is 20.1. The Balaban J connectivity index is -0.000000249. The summed E-state index contributed by atoms with van der Waals surface area (Å²) in [5, 5.41) is 10.2. The molecule has 1 amide bonds. The van der Waals surface area contributed by atoms with Gasteiger partial charge >= 0.3 is 5.97 Å². The van der Waals surface area contributed by atoms with Gasteiger partial charge in [0.15, 0.2) is 0 Å². The maximum absolute atomic E-state index is 10.3. The first kappa shape index (κ1) is 12.6. The number of carbonyl (C=O) groups excluding carboxylic acids is 1. The van der Waals surface area contributed by atoms with Gasteiger partial charge in [0.25, 0.3) is 0 Å². The normalized spacial score (nSPS) is 7.55. The van der Waals surface area contributed by atoms with E-state index in [2.05, 4.69) is 5.32 Å². The van der Waals surface area contributed by atoms with Gasteiger partial charge < -0.3 is 10.4 Å². The number of amides is 1. The molecule has 0 saturated heterocycles. The van der Waals surface area contributed by atoms with Crippen LogP contribution in [0.2, 0.25) is 0 Å². The molecule has 0 unspecified atom stereocenters. The summed E-state index contributed by atoms with van der Waals surface area (Å²) in [7, 11) is 0. The monoisotopic (exact) mass is 163 g/mol. The van der Waals surface area contributed by atoms with Crippen molar-refractivity contribution in [3.05, 3.63) is 0 Å². The Hall–Kier alpha value is -1.06. The fraction of sp³-hybridized carbons (Fsp3) is 0.714. The van der Waals surface area contributed by atoms with Crippen molar-refractivity contribution in [1.29, 1.82) is 0 Å². The largest absolute Gasteiger partial charge is 0.480 e. The SMILES string of the molecule is CC.CCC(=O)NCC(=O)O.[HH]. The molecule has 0 fully saturated rings. The van der Waals surface area contributed by atoms with Gasteiger partial charge in [0, 0.05) is 7.85 Å². The fourth-order valence-corrected chi connectivity index (χ4v) is 0.299. The predicted octanol–water partition coefficient (Wildman–Crippen LogP) is 0.869. The lowest BCUT2D eigenvalue weighted by Gasteiger charge is -1.95. The highest BCUT2D eigenvalue weighted by Crippen LogP contribution is 1.72. The summed E-state index contributed by atoms with van der Waals surface area (Å²) in [6.45, 7) is 5.38. The van der Waals surface area contributed by atoms with Gasteiger partial charge in [0.2, 0.25) is 5.91 Å². The van der Waals surface area contributed by atoms with Crippen LogP contribution in [0.1, 0.15) is 28.6 Å². The Kier molecular flexibility index (Phi) is 10.2. The van der Waals surface area contributed by atoms with Crippen LogP contribution in [0, 0.1) is 0 Å². The van der Waals surface area contributed by atoms with E-state index in [4.69, 9.17) is 5.11 Å². The van der Waals surface area contributed by atoms with Crippen LogP contribution >= 0.6 is 0 Å². The minimum Gasteiger partial charge on any atom is -0.480 e. The minimum atomic E-state index is -1.02. The molecule has 4 nitrogen and oxygen atoms in total. The Morgan fingerprint density at radius 1 is 1.45 bits per heavy atom. The van der Waals surface area contributed by atoms with Crippen molar-refractivity contribution >= 4 is 11.9 Å². The van der Waals surface area contributed by atoms with Gasteiger partial charge in [-0.1, -0.05) is 20.8 Å². The molecular weight excluding hydrogens is 146 g/mol. The van der Waals surface area contributed by atoms with E-state index in [1.54, 1.807) is 6.92 Å². The smallest absolute Gasteiger partial charge is 0.322 e. The summed E-state index contributed by atoms with van der Waals surface area (Å²) in [6.07, 6.45) is 0.327. The molecule has 0 spiro atoms. The van der Waals surface area contributed by atoms with E-state index in [1.807, 2.05) is 13.8 Å². The Bertz CT molecular complexity index is 128. The topological polar surface area (TPSA) is 66.4 Å². The van der Waals surface area contributed by atoms with Gasteiger partial charge in [0.1, 0.15) is 6.54 Å². The zero-order valence-electron chi connectivity index (χ0n) is 7.18. The second-order valence-corrected chi connectivity index (χ2v) is 1.52. The van der Waals surface area contributed by atoms with Crippen LogP contribution in [0.4, 0.5) is 0 Å². The first-order valence-electron chi connectivity index (χ1n) is 3.65. The van der Waals surface area contributed by atoms with Crippen LogP contribution in [0.25, 0.3) is 0 Å². The lowest BCUT2D eigenvalue weighted by Crippen LogP contribution is -2.28. The van der Waals surface area contributed by atoms with Crippen LogP contribution in [0.15, 0.2) is 0 Å². The fourth-order valence-electron chi connectivity index (χ4n) is 0.299. The molecule has 0 saturated carbocycles. The molecule has 4 heteroatoms. The third-order valence-electron chi connectivity index (χ3n) is 0.758. The third kappa shape index (κ3) is 12.2. The molecule has 0 heterocycles. The van der Waals surface area contributed by atoms with Crippen molar-refractivity contribution in [1.82, 2.24) is 5.32 Å². The molecule has 0 bridgehead atoms. The highest BCUT2D eigenvalue weighted by molar-refractivity contribution is 5.80. The molecule has 0 aliphatic heterocycles. The summed E-state index contributed by atoms with van der Waals surface area (Å²) >= 11 is 0. The molecule has 0 rings (SSSR count). The average Bonchev–Trinajstić information content (AvgIpc) is 2.04. The number of aliphatic carboxylic acids is 1. The summed E-state index contributed by atoms with van der Waals surface area (Å²) < 4.78 is 0. The van der Waals surface area contributed by atoms with Gasteiger partial charge in [-0.3, -0.25) is 9.59 Å². The maximum Gasteiger partial charge on any atom is 0.322 e. The van der Waals surface area contributed by atoms with Crippen LogP contribution in [0.3, 0.4) is 0 Å². The maximum atomic E-state index is 10.3. The van der Waals surface area contributed by atoms with Gasteiger partial charge in [-0.25, -0.2) is 0 Å². The van der Waals surface area contributed by atoms with Crippen LogP contribution < -0.4 is 5.32 Å². The van der Waals surface area contributed by atoms with Crippen molar-refractivity contribution in [3.63, 3.8) is 0 Å². The molecule has 68 valence electrons. The molecule has 0 aromatic carbocycles. The summed E-state index contributed by atoms with van der Waals surface area (Å²) in [6, 6.07) is 0. The second kappa shape index (κ2) is 8.94. The standard InChI is InChI=1S/C5H9NO3.C2H6.H2/c1-2-4(7)6-3-5(8)9;1-2;/h2-3H2,1H3,(H,6,7)(H,8,9);1-2H3;1H. The predicted molar refractivity (Wildman–Crippen MR) is 44.4 cm³/mol. The molecule has 0 radical (unpaired) electrons. The van der Waals surface area contributed by atoms with E-state index in [0.29, 0.717) is 6.42 Å². The second-order valence-electron chi connectivity index (χ2n) is 1.52. The Morgan fingerprint density at radius 2 is 1.91 bits per heavy atom. The van der Waals surface area contributed by atoms with Crippen molar-refractivity contribution in [2.75, 3.05) is 6.54 Å². The minimum absolute atomic E-state index is 0. The lowest BCUT2D eigenvalue weighted by atomic mass is 10.4. The van der Waals surface area contributed by atoms with Crippen LogP contribution in [-0.4, -0.2) is 23.5 Å². The lowest BCUT2D eigenvalue weighted by molar-refractivity contribution is -0.137. The summed E-state index contributed by atoms with van der Waals surface area (Å²) in [5.74, 6) is -1.26. The molecule has 0 atom stereocenters. The molecular formula is C7H17NO3. The zero-order valence-corrected chi connectivity index (χ0v) is 7.18. The molecule has 11 heavy (non-hydrogen) atoms. The first-order chi connectivity index (χ1) is 5.16. The van der Waals surface area contributed by atoms with E-state index in [0.717, 1.165) is 0 Å². The van der Waals surface area contributed by atoms with Gasteiger partial charge in [-0.15, -0.1) is 0 Å².